The van der Waals surface area contributed by atoms with Crippen molar-refractivity contribution in [3.8, 4) is 0 Å². The molecule has 0 aliphatic rings. The summed E-state index contributed by atoms with van der Waals surface area (Å²) < 4.78 is 36.6. The Bertz CT molecular complexity index is 1230. The van der Waals surface area contributed by atoms with Crippen LogP contribution in [0.15, 0.2) is 55.1 Å². The average molecular weight is 547 g/mol. The largest absolute Gasteiger partial charge is 0.417 e. The highest BCUT2D eigenvalue weighted by molar-refractivity contribution is 7.87. The van der Waals surface area contributed by atoms with Gasteiger partial charge in [-0.3, -0.25) is 4.90 Å². The van der Waals surface area contributed by atoms with E-state index in [-0.39, 0.29) is 5.04 Å². The minimum Gasteiger partial charge on any atom is -0.417 e. The van der Waals surface area contributed by atoms with Crippen LogP contribution < -0.4 is 0 Å². The van der Waals surface area contributed by atoms with Crippen molar-refractivity contribution in [2.45, 2.75) is 71.5 Å². The molecule has 0 aliphatic carbocycles. The third kappa shape index (κ3) is 7.61. The number of hydrogen-bond acceptors (Lipinski definition) is 6. The summed E-state index contributed by atoms with van der Waals surface area (Å²) in [4.78, 5) is 11.2. The molecule has 1 aromatic carbocycles. The lowest BCUT2D eigenvalue weighted by Crippen LogP contribution is -2.41. The number of benzene rings is 1. The molecule has 0 saturated carbocycles. The van der Waals surface area contributed by atoms with Crippen LogP contribution in [-0.4, -0.2) is 65.2 Å². The summed E-state index contributed by atoms with van der Waals surface area (Å²) >= 11 is 0. The Hall–Kier alpha value is -2.31. The number of hydrogen-bond donors (Lipinski definition) is 0. The Morgan fingerprint density at radius 2 is 1.57 bits per heavy atom. The van der Waals surface area contributed by atoms with Gasteiger partial charge < -0.3 is 8.99 Å². The van der Waals surface area contributed by atoms with Crippen molar-refractivity contribution in [2.24, 2.45) is 0 Å². The predicted octanol–water partition coefficient (Wildman–Crippen LogP) is 4.35. The minimum absolute atomic E-state index is 0.191. The molecule has 0 aliphatic heterocycles. The summed E-state index contributed by atoms with van der Waals surface area (Å²) in [6, 6.07) is 10.1. The second kappa shape index (κ2) is 12.0. The van der Waals surface area contributed by atoms with Gasteiger partial charge in [-0.25, -0.2) is 13.9 Å². The van der Waals surface area contributed by atoms with Crippen LogP contribution in [0.25, 0.3) is 0 Å². The van der Waals surface area contributed by atoms with E-state index in [4.69, 9.17) is 4.43 Å². The Morgan fingerprint density at radius 1 is 0.946 bits per heavy atom. The summed E-state index contributed by atoms with van der Waals surface area (Å²) in [6.07, 6.45) is 7.75. The molecule has 3 aromatic rings. The van der Waals surface area contributed by atoms with E-state index in [1.54, 1.807) is 0 Å². The lowest BCUT2D eigenvalue weighted by molar-refractivity contribution is 0.229. The first-order chi connectivity index (χ1) is 17.3. The van der Waals surface area contributed by atoms with Crippen molar-refractivity contribution >= 4 is 18.5 Å². The van der Waals surface area contributed by atoms with Gasteiger partial charge in [0, 0.05) is 58.6 Å². The van der Waals surface area contributed by atoms with Crippen LogP contribution in [0, 0.1) is 0 Å². The van der Waals surface area contributed by atoms with E-state index in [0.29, 0.717) is 25.5 Å². The SMILES string of the molecule is CN(C)S(=O)(=O)n1ccnc1CN(Cc1ccccc1)Cc1nccn1CCCO[Si](C)(C)C(C)(C)C. The molecule has 204 valence electrons. The summed E-state index contributed by atoms with van der Waals surface area (Å²) in [5.41, 5.74) is 1.14. The third-order valence-electron chi connectivity index (χ3n) is 6.98. The van der Waals surface area contributed by atoms with Crippen molar-refractivity contribution in [2.75, 3.05) is 20.7 Å². The van der Waals surface area contributed by atoms with E-state index in [0.717, 1.165) is 31.0 Å². The van der Waals surface area contributed by atoms with Gasteiger partial charge in [0.2, 0.25) is 0 Å². The summed E-state index contributed by atoms with van der Waals surface area (Å²) in [6.45, 7) is 14.4. The molecule has 11 heteroatoms. The molecule has 0 bridgehead atoms. The van der Waals surface area contributed by atoms with E-state index in [1.807, 2.05) is 30.6 Å². The van der Waals surface area contributed by atoms with Crippen LogP contribution in [0.1, 0.15) is 44.4 Å². The van der Waals surface area contributed by atoms with Gasteiger partial charge in [0.05, 0.1) is 13.1 Å². The molecule has 0 N–H and O–H groups in total. The maximum Gasteiger partial charge on any atom is 0.308 e. The molecule has 0 amide bonds. The smallest absolute Gasteiger partial charge is 0.308 e. The van der Waals surface area contributed by atoms with Crippen LogP contribution in [0.3, 0.4) is 0 Å². The van der Waals surface area contributed by atoms with Crippen molar-refractivity contribution in [3.05, 3.63) is 72.3 Å². The van der Waals surface area contributed by atoms with Crippen LogP contribution >= 0.6 is 0 Å². The molecule has 0 atom stereocenters. The van der Waals surface area contributed by atoms with Crippen LogP contribution in [0.2, 0.25) is 18.1 Å². The van der Waals surface area contributed by atoms with E-state index >= 15 is 0 Å². The molecule has 0 fully saturated rings. The highest BCUT2D eigenvalue weighted by atomic mass is 32.2. The fourth-order valence-electron chi connectivity index (χ4n) is 3.70. The van der Waals surface area contributed by atoms with Crippen molar-refractivity contribution in [1.82, 2.24) is 27.7 Å². The number of nitrogens with zero attached hydrogens (tertiary/aromatic N) is 6. The molecule has 37 heavy (non-hydrogen) atoms. The zero-order valence-electron chi connectivity index (χ0n) is 23.3. The Balaban J connectivity index is 1.74. The van der Waals surface area contributed by atoms with Gasteiger partial charge >= 0.3 is 10.2 Å². The third-order valence-corrected chi connectivity index (χ3v) is 13.3. The van der Waals surface area contributed by atoms with Crippen LogP contribution in [0.5, 0.6) is 0 Å². The van der Waals surface area contributed by atoms with Gasteiger partial charge in [-0.05, 0) is 30.1 Å². The normalized spacial score (nSPS) is 13.1. The van der Waals surface area contributed by atoms with Gasteiger partial charge in [0.15, 0.2) is 8.32 Å². The number of aryl methyl sites for hydroxylation is 1. The second-order valence-electron chi connectivity index (χ2n) is 11.1. The fraction of sp³-hybridized carbons (Fsp3) is 0.538. The van der Waals surface area contributed by atoms with Crippen molar-refractivity contribution in [1.29, 1.82) is 0 Å². The van der Waals surface area contributed by atoms with Gasteiger partial charge in [-0.15, -0.1) is 0 Å². The Kier molecular flexibility index (Phi) is 9.51. The van der Waals surface area contributed by atoms with Gasteiger partial charge in [-0.2, -0.15) is 12.7 Å². The highest BCUT2D eigenvalue weighted by Crippen LogP contribution is 2.36. The molecule has 9 nitrogen and oxygen atoms in total. The molecule has 0 radical (unpaired) electrons. The second-order valence-corrected chi connectivity index (χ2v) is 17.9. The summed E-state index contributed by atoms with van der Waals surface area (Å²) in [5, 5.41) is 0.191. The molecule has 0 unspecified atom stereocenters. The predicted molar refractivity (Wildman–Crippen MR) is 150 cm³/mol. The van der Waals surface area contributed by atoms with Crippen LogP contribution in [-0.2, 0) is 40.8 Å². The molecular formula is C26H42N6O3SSi. The Morgan fingerprint density at radius 3 is 2.22 bits per heavy atom. The maximum absolute atomic E-state index is 12.8. The molecule has 0 saturated heterocycles. The topological polar surface area (TPSA) is 85.5 Å². The fourth-order valence-corrected chi connectivity index (χ4v) is 5.72. The first kappa shape index (κ1) is 29.2. The van der Waals surface area contributed by atoms with Gasteiger partial charge in [0.1, 0.15) is 11.6 Å². The molecule has 3 rings (SSSR count). The maximum atomic E-state index is 12.8. The van der Waals surface area contributed by atoms with E-state index in [2.05, 4.69) is 65.4 Å². The minimum atomic E-state index is -3.66. The van der Waals surface area contributed by atoms with E-state index in [9.17, 15) is 8.42 Å². The van der Waals surface area contributed by atoms with Gasteiger partial charge in [0.25, 0.3) is 0 Å². The zero-order chi connectivity index (χ0) is 27.3. The number of rotatable bonds is 13. The van der Waals surface area contributed by atoms with E-state index < -0.39 is 18.5 Å². The summed E-state index contributed by atoms with van der Waals surface area (Å²) in [5.74, 6) is 1.39. The molecular weight excluding hydrogens is 504 g/mol. The van der Waals surface area contributed by atoms with Crippen molar-refractivity contribution < 1.29 is 12.8 Å². The highest BCUT2D eigenvalue weighted by Gasteiger charge is 2.36. The lowest BCUT2D eigenvalue weighted by Gasteiger charge is -2.36. The quantitative estimate of drug-likeness (QED) is 0.234. The number of aromatic nitrogens is 4. The average Bonchev–Trinajstić information content (AvgIpc) is 3.46. The monoisotopic (exact) mass is 546 g/mol. The lowest BCUT2D eigenvalue weighted by atomic mass is 10.2. The molecule has 2 aromatic heterocycles. The van der Waals surface area contributed by atoms with Gasteiger partial charge in [-0.1, -0.05) is 51.1 Å². The van der Waals surface area contributed by atoms with Crippen LogP contribution in [0.4, 0.5) is 0 Å². The molecule has 2 heterocycles. The van der Waals surface area contributed by atoms with Crippen molar-refractivity contribution in [3.63, 3.8) is 0 Å². The first-order valence-corrected chi connectivity index (χ1v) is 17.0. The number of imidazole rings is 2. The molecule has 0 spiro atoms. The standard InChI is InChI=1S/C26H42N6O3SSi/c1-26(2,3)37(6,7)35-19-11-16-31-17-14-27-24(31)21-30(20-23-12-9-8-10-13-23)22-25-28-15-18-32(25)36(33,34)29(4)5/h8-10,12-15,17-18H,11,16,19-22H2,1-7H3. The Labute approximate surface area is 223 Å². The summed E-state index contributed by atoms with van der Waals surface area (Å²) in [7, 11) is -2.39. The zero-order valence-corrected chi connectivity index (χ0v) is 25.1. The van der Waals surface area contributed by atoms with E-state index in [1.165, 1.54) is 34.8 Å². The first-order valence-electron chi connectivity index (χ1n) is 12.7.